The first-order valence-corrected chi connectivity index (χ1v) is 4.65. The Morgan fingerprint density at radius 2 is 2.15 bits per heavy atom. The molecule has 0 radical (unpaired) electrons. The molecule has 0 aromatic rings. The van der Waals surface area contributed by atoms with Gasteiger partial charge >= 0.3 is 0 Å². The van der Waals surface area contributed by atoms with Gasteiger partial charge in [-0.15, -0.1) is 0 Å². The van der Waals surface area contributed by atoms with E-state index < -0.39 is 0 Å². The van der Waals surface area contributed by atoms with Gasteiger partial charge in [0.05, 0.1) is 0 Å². The maximum atomic E-state index is 3.99. The van der Waals surface area contributed by atoms with Crippen LogP contribution in [0.5, 0.6) is 0 Å². The van der Waals surface area contributed by atoms with Crippen LogP contribution in [0.3, 0.4) is 0 Å². The molecule has 0 saturated carbocycles. The molecule has 0 bridgehead atoms. The lowest BCUT2D eigenvalue weighted by atomic mass is 10.0. The van der Waals surface area contributed by atoms with Gasteiger partial charge in [-0.1, -0.05) is 26.5 Å². The highest BCUT2D eigenvalue weighted by Crippen LogP contribution is 2.21. The van der Waals surface area contributed by atoms with Crippen LogP contribution in [-0.4, -0.2) is 4.90 Å². The van der Waals surface area contributed by atoms with Crippen molar-refractivity contribution >= 4 is 0 Å². The Bertz CT molecular complexity index is 279. The summed E-state index contributed by atoms with van der Waals surface area (Å²) < 4.78 is 0. The van der Waals surface area contributed by atoms with Crippen molar-refractivity contribution in [3.8, 4) is 0 Å². The van der Waals surface area contributed by atoms with Gasteiger partial charge in [0.2, 0.25) is 0 Å². The molecule has 0 unspecified atom stereocenters. The van der Waals surface area contributed by atoms with Gasteiger partial charge in [0.15, 0.2) is 0 Å². The molecule has 1 aliphatic rings. The topological polar surface area (TPSA) is 3.24 Å². The van der Waals surface area contributed by atoms with Crippen LogP contribution >= 0.6 is 0 Å². The van der Waals surface area contributed by atoms with Crippen molar-refractivity contribution in [1.29, 1.82) is 0 Å². The summed E-state index contributed by atoms with van der Waals surface area (Å²) in [5.41, 5.74) is 2.37. The first kappa shape index (κ1) is 9.85. The second-order valence-electron chi connectivity index (χ2n) is 3.50. The lowest BCUT2D eigenvalue weighted by Crippen LogP contribution is -2.11. The van der Waals surface area contributed by atoms with Crippen LogP contribution in [0.2, 0.25) is 0 Å². The van der Waals surface area contributed by atoms with Crippen molar-refractivity contribution in [3.63, 3.8) is 0 Å². The molecule has 0 spiro atoms. The number of allylic oxidation sites excluding steroid dienone is 4. The maximum Gasteiger partial charge on any atom is 0.0380 e. The minimum atomic E-state index is 0.570. The lowest BCUT2D eigenvalue weighted by Gasteiger charge is -2.22. The molecular formula is C12H17N. The molecule has 0 aromatic carbocycles. The number of nitrogens with zero attached hydrogens (tertiary/aromatic N) is 1. The molecule has 0 fully saturated rings. The molecule has 1 nitrogen and oxygen atoms in total. The van der Waals surface area contributed by atoms with E-state index in [1.54, 1.807) is 0 Å². The Morgan fingerprint density at radius 3 is 2.62 bits per heavy atom. The Hall–Kier alpha value is -1.24. The maximum absolute atomic E-state index is 3.99. The third-order valence-electron chi connectivity index (χ3n) is 2.07. The summed E-state index contributed by atoms with van der Waals surface area (Å²) in [6, 6.07) is 0. The van der Waals surface area contributed by atoms with Crippen LogP contribution < -0.4 is 0 Å². The zero-order chi connectivity index (χ0) is 9.84. The number of rotatable bonds is 2. The fourth-order valence-electron chi connectivity index (χ4n) is 1.24. The predicted molar refractivity (Wildman–Crippen MR) is 57.9 cm³/mol. The fraction of sp³-hybridized carbons (Fsp3) is 0.333. The standard InChI is InChI=1S/C12H17N/c1-5-7-13-8-6-12(10(2)3)9-11(13)4/h5-10H,4H2,1-3H3/b7-5-. The zero-order valence-electron chi connectivity index (χ0n) is 8.62. The minimum Gasteiger partial charge on any atom is -0.325 e. The first-order valence-electron chi connectivity index (χ1n) is 4.65. The van der Waals surface area contributed by atoms with Gasteiger partial charge in [-0.25, -0.2) is 0 Å². The molecule has 13 heavy (non-hydrogen) atoms. The normalized spacial score (nSPS) is 17.4. The van der Waals surface area contributed by atoms with Gasteiger partial charge in [-0.2, -0.15) is 0 Å². The summed E-state index contributed by atoms with van der Waals surface area (Å²) in [5.74, 6) is 0.570. The van der Waals surface area contributed by atoms with Crippen LogP contribution in [0.4, 0.5) is 0 Å². The Morgan fingerprint density at radius 1 is 1.46 bits per heavy atom. The second-order valence-corrected chi connectivity index (χ2v) is 3.50. The smallest absolute Gasteiger partial charge is 0.0380 e. The summed E-state index contributed by atoms with van der Waals surface area (Å²) in [4.78, 5) is 2.02. The molecule has 1 heteroatoms. The van der Waals surface area contributed by atoms with Crippen LogP contribution in [-0.2, 0) is 0 Å². The molecule has 0 saturated heterocycles. The van der Waals surface area contributed by atoms with Crippen LogP contribution in [0.1, 0.15) is 20.8 Å². The summed E-state index contributed by atoms with van der Waals surface area (Å²) in [6.07, 6.45) is 10.3. The van der Waals surface area contributed by atoms with Gasteiger partial charge in [-0.3, -0.25) is 0 Å². The van der Waals surface area contributed by atoms with Crippen molar-refractivity contribution in [3.05, 3.63) is 48.5 Å². The summed E-state index contributed by atoms with van der Waals surface area (Å²) in [6.45, 7) is 10.4. The molecule has 0 aromatic heterocycles. The van der Waals surface area contributed by atoms with Gasteiger partial charge in [0.1, 0.15) is 0 Å². The Labute approximate surface area is 80.7 Å². The number of hydrogen-bond donors (Lipinski definition) is 0. The molecule has 0 atom stereocenters. The highest BCUT2D eigenvalue weighted by molar-refractivity contribution is 5.35. The van der Waals surface area contributed by atoms with E-state index in [9.17, 15) is 0 Å². The summed E-state index contributed by atoms with van der Waals surface area (Å²) in [7, 11) is 0. The van der Waals surface area contributed by atoms with Crippen LogP contribution in [0.15, 0.2) is 48.5 Å². The van der Waals surface area contributed by atoms with Crippen molar-refractivity contribution in [2.75, 3.05) is 0 Å². The molecule has 1 rings (SSSR count). The van der Waals surface area contributed by atoms with Crippen molar-refractivity contribution in [2.45, 2.75) is 20.8 Å². The monoisotopic (exact) mass is 175 g/mol. The highest BCUT2D eigenvalue weighted by Gasteiger charge is 2.07. The van der Waals surface area contributed by atoms with E-state index in [4.69, 9.17) is 0 Å². The van der Waals surface area contributed by atoms with Gasteiger partial charge in [0, 0.05) is 18.1 Å². The average molecular weight is 175 g/mol. The highest BCUT2D eigenvalue weighted by atomic mass is 15.1. The van der Waals surface area contributed by atoms with Crippen molar-refractivity contribution < 1.29 is 0 Å². The molecule has 0 N–H and O–H groups in total. The van der Waals surface area contributed by atoms with E-state index in [0.717, 1.165) is 5.70 Å². The van der Waals surface area contributed by atoms with Crippen molar-refractivity contribution in [2.24, 2.45) is 5.92 Å². The van der Waals surface area contributed by atoms with Gasteiger partial charge in [-0.05, 0) is 30.6 Å². The zero-order valence-corrected chi connectivity index (χ0v) is 8.62. The van der Waals surface area contributed by atoms with E-state index in [2.05, 4.69) is 38.8 Å². The van der Waals surface area contributed by atoms with E-state index in [1.807, 2.05) is 24.1 Å². The van der Waals surface area contributed by atoms with Crippen molar-refractivity contribution in [1.82, 2.24) is 4.90 Å². The first-order chi connectivity index (χ1) is 6.15. The van der Waals surface area contributed by atoms with E-state index in [1.165, 1.54) is 5.57 Å². The van der Waals surface area contributed by atoms with Gasteiger partial charge in [0.25, 0.3) is 0 Å². The molecule has 70 valence electrons. The average Bonchev–Trinajstić information content (AvgIpc) is 2.08. The quantitative estimate of drug-likeness (QED) is 0.621. The largest absolute Gasteiger partial charge is 0.325 e. The molecule has 0 aliphatic carbocycles. The van der Waals surface area contributed by atoms with Gasteiger partial charge < -0.3 is 4.90 Å². The lowest BCUT2D eigenvalue weighted by molar-refractivity contribution is 0.632. The Balaban J connectivity index is 2.79. The summed E-state index contributed by atoms with van der Waals surface area (Å²) >= 11 is 0. The van der Waals surface area contributed by atoms with E-state index in [-0.39, 0.29) is 0 Å². The minimum absolute atomic E-state index is 0.570. The second kappa shape index (κ2) is 4.13. The SMILES string of the molecule is C=C1C=C(C(C)C)C=CN1/C=C\C. The predicted octanol–water partition coefficient (Wildman–Crippen LogP) is 3.45. The van der Waals surface area contributed by atoms with Crippen LogP contribution in [0.25, 0.3) is 0 Å². The number of hydrogen-bond acceptors (Lipinski definition) is 1. The van der Waals surface area contributed by atoms with E-state index >= 15 is 0 Å². The molecule has 1 heterocycles. The fourth-order valence-corrected chi connectivity index (χ4v) is 1.24. The summed E-state index contributed by atoms with van der Waals surface area (Å²) in [5, 5.41) is 0. The molecular weight excluding hydrogens is 158 g/mol. The third-order valence-corrected chi connectivity index (χ3v) is 2.07. The third kappa shape index (κ3) is 2.35. The van der Waals surface area contributed by atoms with Crippen LogP contribution in [0, 0.1) is 5.92 Å². The Kier molecular flexibility index (Phi) is 3.13. The molecule has 0 amide bonds. The molecule has 1 aliphatic heterocycles. The van der Waals surface area contributed by atoms with E-state index in [0.29, 0.717) is 5.92 Å².